The Balaban J connectivity index is 0.000000297. The summed E-state index contributed by atoms with van der Waals surface area (Å²) in [5, 5.41) is 23.9. The summed E-state index contributed by atoms with van der Waals surface area (Å²) < 4.78 is 43.8. The average molecular weight is 1150 g/mol. The fourth-order valence-corrected chi connectivity index (χ4v) is 7.31. The molecule has 9 N–H and O–H groups in total. The van der Waals surface area contributed by atoms with Crippen LogP contribution in [0.15, 0.2) is 121 Å². The predicted molar refractivity (Wildman–Crippen MR) is 326 cm³/mol. The number of alkyl carbamates (subject to hydrolysis) is 1. The molecule has 0 spiro atoms. The zero-order valence-corrected chi connectivity index (χ0v) is 48.5. The monoisotopic (exact) mass is 1150 g/mol. The minimum Gasteiger partial charge on any atom is -0.490 e. The molecule has 5 aromatic carbocycles. The van der Waals surface area contributed by atoms with Gasteiger partial charge in [-0.05, 0) is 158 Å². The molecule has 0 aliphatic rings. The number of unbranched alkanes of at least 4 members (excludes halogenated alkanes) is 1. The highest BCUT2D eigenvalue weighted by Gasteiger charge is 2.17. The van der Waals surface area contributed by atoms with Crippen molar-refractivity contribution in [1.82, 2.24) is 35.3 Å². The van der Waals surface area contributed by atoms with Gasteiger partial charge in [0, 0.05) is 51.5 Å². The van der Waals surface area contributed by atoms with E-state index in [1.54, 1.807) is 33.6 Å². The summed E-state index contributed by atoms with van der Waals surface area (Å²) >= 11 is 0. The number of nitrogens with one attached hydrogen (secondary N) is 1. The first-order valence-corrected chi connectivity index (χ1v) is 27.9. The molecule has 0 radical (unpaired) electrons. The second-order valence-corrected chi connectivity index (χ2v) is 19.4. The number of benzene rings is 5. The van der Waals surface area contributed by atoms with E-state index >= 15 is 0 Å². The van der Waals surface area contributed by atoms with Crippen LogP contribution in [0.3, 0.4) is 0 Å². The zero-order valence-electron chi connectivity index (χ0n) is 48.5. The van der Waals surface area contributed by atoms with Crippen molar-refractivity contribution in [1.29, 1.82) is 0 Å². The fourth-order valence-electron chi connectivity index (χ4n) is 7.31. The van der Waals surface area contributed by atoms with E-state index in [0.717, 1.165) is 72.2 Å². The van der Waals surface area contributed by atoms with Crippen LogP contribution in [-0.4, -0.2) is 114 Å². The second-order valence-electron chi connectivity index (χ2n) is 19.4. The van der Waals surface area contributed by atoms with Crippen LogP contribution in [0.5, 0.6) is 34.5 Å². The summed E-state index contributed by atoms with van der Waals surface area (Å²) in [6.45, 7) is 13.1. The Labute approximate surface area is 492 Å². The van der Waals surface area contributed by atoms with Gasteiger partial charge in [0.25, 0.3) is 0 Å². The standard InChI is InChI=1S/C34H44N10O4.C18H28N4O4.C10H6/c35-12-2-16-45-31-10-8-27(21-33(31)47-18-4-14-37)43-23-29(39-41-43)25-6-1-7-26(20-25)30-24-44(42-40-30)28-9-11-32(46-17-3-13-36)34(22-28)48-19-5-15-38;1-5-6-11-24-15-9-8-14(21-22-19)13-16(15)25-12-7-10-20-17(23)26-18(2,3)4;1-3-9-6-5-7-10(4-2)8-9/h1,6-11,20-24H,2-5,12-19,35-38H2;8-9,13H,5-7,10-12H2,1-4H3,(H,20,23);1-2,5-8H. The quantitative estimate of drug-likeness (QED) is 0.00919. The maximum Gasteiger partial charge on any atom is 0.407 e. The third-order valence-electron chi connectivity index (χ3n) is 11.5. The molecule has 444 valence electrons. The highest BCUT2D eigenvalue weighted by Crippen LogP contribution is 2.34. The van der Waals surface area contributed by atoms with Gasteiger partial charge in [0.15, 0.2) is 34.5 Å². The summed E-state index contributed by atoms with van der Waals surface area (Å²) in [6, 6.07) is 31.6. The Morgan fingerprint density at radius 2 is 1.01 bits per heavy atom. The van der Waals surface area contributed by atoms with Crippen LogP contribution in [0.25, 0.3) is 44.3 Å². The van der Waals surface area contributed by atoms with Gasteiger partial charge in [-0.15, -0.1) is 23.0 Å². The highest BCUT2D eigenvalue weighted by molar-refractivity contribution is 5.69. The van der Waals surface area contributed by atoms with Gasteiger partial charge < -0.3 is 61.4 Å². The van der Waals surface area contributed by atoms with E-state index < -0.39 is 11.7 Å². The number of amides is 1. The van der Waals surface area contributed by atoms with Crippen LogP contribution < -0.4 is 56.7 Å². The molecule has 22 heteroatoms. The van der Waals surface area contributed by atoms with E-state index in [0.29, 0.717) is 130 Å². The maximum atomic E-state index is 11.6. The molecule has 0 atom stereocenters. The molecule has 0 saturated carbocycles. The van der Waals surface area contributed by atoms with Crippen LogP contribution in [-0.2, 0) is 4.74 Å². The molecule has 2 aromatic heterocycles. The molecule has 0 fully saturated rings. The van der Waals surface area contributed by atoms with Crippen LogP contribution in [0.4, 0.5) is 10.5 Å². The van der Waals surface area contributed by atoms with E-state index in [2.05, 4.69) is 54.7 Å². The molecule has 7 rings (SSSR count). The number of ether oxygens (including phenoxy) is 7. The Kier molecular flexibility index (Phi) is 28.3. The smallest absolute Gasteiger partial charge is 0.407 e. The zero-order chi connectivity index (χ0) is 60.4. The SMILES string of the molecule is C#Cc1cccc(C#C)c1.CCCCOc1ccc(N=[N+]=[N-])cc1OCCCNC(=O)OC(C)(C)C.NCCCOc1ccc(-n2cc(-c3cccc(-c4cn(-c5ccc(OCCCN)c(OCCCN)c5)nn4)c3)nn2)cc1OCCCN. The predicted octanol–water partition coefficient (Wildman–Crippen LogP) is 9.84. The second kappa shape index (κ2) is 36.2. The summed E-state index contributed by atoms with van der Waals surface area (Å²) in [6.07, 6.45) is 19.1. The molecule has 0 bridgehead atoms. The number of rotatable bonds is 30. The summed E-state index contributed by atoms with van der Waals surface area (Å²) in [7, 11) is 0. The van der Waals surface area contributed by atoms with Gasteiger partial charge >= 0.3 is 6.09 Å². The third kappa shape index (κ3) is 22.6. The molecule has 0 aliphatic carbocycles. The Morgan fingerprint density at radius 3 is 1.45 bits per heavy atom. The van der Waals surface area contributed by atoms with Crippen LogP contribution in [0.2, 0.25) is 0 Å². The fraction of sp³-hybridized carbons (Fsp3) is 0.371. The highest BCUT2D eigenvalue weighted by atomic mass is 16.6. The molecule has 1 amide bonds. The lowest BCUT2D eigenvalue weighted by molar-refractivity contribution is 0.0525. The van der Waals surface area contributed by atoms with Gasteiger partial charge in [0.1, 0.15) is 17.0 Å². The first-order chi connectivity index (χ1) is 40.8. The average Bonchev–Trinajstić information content (AvgIpc) is 4.39. The van der Waals surface area contributed by atoms with Crippen LogP contribution in [0, 0.1) is 24.7 Å². The number of carbonyl (C=O) groups is 1. The number of carbonyl (C=O) groups excluding carboxylic acids is 1. The molecule has 0 saturated heterocycles. The largest absolute Gasteiger partial charge is 0.490 e. The van der Waals surface area contributed by atoms with Gasteiger partial charge in [0.05, 0.1) is 63.4 Å². The molecule has 22 nitrogen and oxygen atoms in total. The number of nitrogens with two attached hydrogens (primary N) is 4. The Hall–Kier alpha value is -9.28. The number of terminal acetylenes is 2. The molecule has 84 heavy (non-hydrogen) atoms. The van der Waals surface area contributed by atoms with Crippen molar-refractivity contribution in [2.75, 3.05) is 72.4 Å². The lowest BCUT2D eigenvalue weighted by Gasteiger charge is -2.19. The molecular weight excluding hydrogens is 1070 g/mol. The number of aromatic nitrogens is 6. The van der Waals surface area contributed by atoms with Crippen molar-refractivity contribution < 1.29 is 38.0 Å². The van der Waals surface area contributed by atoms with Gasteiger partial charge in [-0.3, -0.25) is 0 Å². The number of azide groups is 1. The Morgan fingerprint density at radius 1 is 0.583 bits per heavy atom. The normalized spacial score (nSPS) is 10.5. The van der Waals surface area contributed by atoms with E-state index in [1.807, 2.05) is 112 Å². The minimum absolute atomic E-state index is 0.375. The van der Waals surface area contributed by atoms with E-state index in [9.17, 15) is 4.79 Å². The van der Waals surface area contributed by atoms with Crippen LogP contribution in [0.1, 0.15) is 83.8 Å². The molecule has 7 aromatic rings. The number of hydrogen-bond acceptors (Lipinski definition) is 17. The summed E-state index contributed by atoms with van der Waals surface area (Å²) in [5.74, 6) is 8.66. The molecule has 2 heterocycles. The summed E-state index contributed by atoms with van der Waals surface area (Å²) in [5.41, 5.74) is 37.4. The number of hydrogen-bond donors (Lipinski definition) is 5. The van der Waals surface area contributed by atoms with E-state index in [-0.39, 0.29) is 0 Å². The lowest BCUT2D eigenvalue weighted by atomic mass is 10.1. The van der Waals surface area contributed by atoms with Crippen molar-refractivity contribution in [2.45, 2.75) is 78.2 Å². The lowest BCUT2D eigenvalue weighted by Crippen LogP contribution is -2.33. The summed E-state index contributed by atoms with van der Waals surface area (Å²) in [4.78, 5) is 14.3. The van der Waals surface area contributed by atoms with Crippen LogP contribution >= 0.6 is 0 Å². The van der Waals surface area contributed by atoms with Crippen molar-refractivity contribution in [3.8, 4) is 93.1 Å². The molecular formula is C62H78N14O8. The van der Waals surface area contributed by atoms with Crippen molar-refractivity contribution in [2.24, 2.45) is 28.0 Å². The van der Waals surface area contributed by atoms with Crippen molar-refractivity contribution in [3.05, 3.63) is 137 Å². The van der Waals surface area contributed by atoms with Crippen molar-refractivity contribution in [3.63, 3.8) is 0 Å². The van der Waals surface area contributed by atoms with Gasteiger partial charge in [-0.25, -0.2) is 14.2 Å². The maximum absolute atomic E-state index is 11.6. The first kappa shape index (κ1) is 65.5. The molecule has 0 aliphatic heterocycles. The van der Waals surface area contributed by atoms with Gasteiger partial charge in [-0.1, -0.05) is 65.0 Å². The first-order valence-electron chi connectivity index (χ1n) is 27.9. The number of nitrogens with zero attached hydrogens (tertiary/aromatic N) is 9. The van der Waals surface area contributed by atoms with Gasteiger partial charge in [0.2, 0.25) is 0 Å². The molecule has 0 unspecified atom stereocenters. The Bertz CT molecular complexity index is 3100. The third-order valence-corrected chi connectivity index (χ3v) is 11.5. The van der Waals surface area contributed by atoms with E-state index in [1.165, 1.54) is 0 Å². The van der Waals surface area contributed by atoms with Gasteiger partial charge in [-0.2, -0.15) is 0 Å². The minimum atomic E-state index is -0.521. The topological polar surface area (TPSA) is 308 Å². The van der Waals surface area contributed by atoms with Crippen molar-refractivity contribution >= 4 is 11.8 Å². The van der Waals surface area contributed by atoms with E-state index in [4.69, 9.17) is 74.5 Å².